The van der Waals surface area contributed by atoms with Crippen LogP contribution < -0.4 is 10.1 Å². The van der Waals surface area contributed by atoms with Gasteiger partial charge in [0.2, 0.25) is 5.91 Å². The fraction of sp³-hybridized carbons (Fsp3) is 0.310. The fourth-order valence-corrected chi connectivity index (χ4v) is 4.82. The van der Waals surface area contributed by atoms with Crippen LogP contribution in [-0.4, -0.2) is 71.2 Å². The Morgan fingerprint density at radius 1 is 1.19 bits per heavy atom. The number of ether oxygens (including phenoxy) is 1. The zero-order valence-corrected chi connectivity index (χ0v) is 21.2. The highest BCUT2D eigenvalue weighted by Gasteiger charge is 2.58. The normalized spacial score (nSPS) is 20.5. The van der Waals surface area contributed by atoms with E-state index in [0.717, 1.165) is 43.8 Å². The highest BCUT2D eigenvalue weighted by atomic mass is 16.5. The minimum atomic E-state index is 0.0753. The van der Waals surface area contributed by atoms with Gasteiger partial charge in [-0.2, -0.15) is 0 Å². The van der Waals surface area contributed by atoms with Crippen molar-refractivity contribution in [1.29, 1.82) is 5.41 Å². The van der Waals surface area contributed by atoms with Gasteiger partial charge in [-0.1, -0.05) is 24.3 Å². The van der Waals surface area contributed by atoms with E-state index in [4.69, 9.17) is 10.1 Å². The summed E-state index contributed by atoms with van der Waals surface area (Å²) in [6, 6.07) is 17.3. The second-order valence-corrected chi connectivity index (χ2v) is 10.0. The third-order valence-electron chi connectivity index (χ3n) is 7.03. The van der Waals surface area contributed by atoms with Crippen molar-refractivity contribution in [3.8, 4) is 11.5 Å². The van der Waals surface area contributed by atoms with Crippen LogP contribution in [0.5, 0.6) is 11.5 Å². The van der Waals surface area contributed by atoms with E-state index in [9.17, 15) is 4.79 Å². The molecule has 2 aliphatic rings. The maximum absolute atomic E-state index is 12.6. The highest BCUT2D eigenvalue weighted by Crippen LogP contribution is 2.54. The molecule has 2 N–H and O–H groups in total. The number of nitrogens with one attached hydrogen (secondary N) is 2. The second kappa shape index (κ2) is 10.5. The number of nitrogens with zero attached hydrogens (tertiary/aromatic N) is 4. The van der Waals surface area contributed by atoms with Crippen LogP contribution in [0.3, 0.4) is 0 Å². The predicted octanol–water partition coefficient (Wildman–Crippen LogP) is 4.21. The SMILES string of the molecule is CN(C)C/C=C/C(=O)N1CCC2(CC2Nc2ncncc2C(=N)c2ccc(Oc3ccccc3)cc2)C1. The van der Waals surface area contributed by atoms with Crippen molar-refractivity contribution >= 4 is 17.4 Å². The van der Waals surface area contributed by atoms with Crippen LogP contribution >= 0.6 is 0 Å². The molecular formula is C29H32N6O2. The molecular weight excluding hydrogens is 464 g/mol. The molecule has 190 valence electrons. The minimum absolute atomic E-state index is 0.0753. The summed E-state index contributed by atoms with van der Waals surface area (Å²) in [7, 11) is 3.97. The van der Waals surface area contributed by atoms with E-state index in [2.05, 4.69) is 15.3 Å². The molecule has 2 unspecified atom stereocenters. The number of para-hydroxylation sites is 1. The number of carbonyl (C=O) groups is 1. The molecule has 2 heterocycles. The lowest BCUT2D eigenvalue weighted by Gasteiger charge is -2.16. The van der Waals surface area contributed by atoms with Crippen LogP contribution in [-0.2, 0) is 4.79 Å². The first kappa shape index (κ1) is 24.6. The highest BCUT2D eigenvalue weighted by molar-refractivity contribution is 6.13. The van der Waals surface area contributed by atoms with Gasteiger partial charge in [0.1, 0.15) is 23.6 Å². The van der Waals surface area contributed by atoms with E-state index in [0.29, 0.717) is 22.8 Å². The Balaban J connectivity index is 1.22. The van der Waals surface area contributed by atoms with Crippen molar-refractivity contribution in [3.63, 3.8) is 0 Å². The Labute approximate surface area is 217 Å². The number of benzene rings is 2. The van der Waals surface area contributed by atoms with E-state index in [1.807, 2.05) is 84.6 Å². The van der Waals surface area contributed by atoms with Crippen LogP contribution in [0.25, 0.3) is 0 Å². The molecule has 5 rings (SSSR count). The maximum atomic E-state index is 12.6. The molecule has 1 saturated heterocycles. The summed E-state index contributed by atoms with van der Waals surface area (Å²) in [5.74, 6) is 2.21. The number of hydrogen-bond acceptors (Lipinski definition) is 7. The topological polar surface area (TPSA) is 94.4 Å². The van der Waals surface area contributed by atoms with Crippen LogP contribution in [0.2, 0.25) is 0 Å². The summed E-state index contributed by atoms with van der Waals surface area (Å²) in [5, 5.41) is 12.4. The second-order valence-electron chi connectivity index (χ2n) is 10.0. The van der Waals surface area contributed by atoms with E-state index < -0.39 is 0 Å². The minimum Gasteiger partial charge on any atom is -0.457 e. The zero-order valence-electron chi connectivity index (χ0n) is 21.2. The molecule has 1 amide bonds. The molecule has 3 aromatic rings. The van der Waals surface area contributed by atoms with E-state index >= 15 is 0 Å². The number of rotatable bonds is 9. The molecule has 0 radical (unpaired) electrons. The van der Waals surface area contributed by atoms with E-state index in [-0.39, 0.29) is 17.4 Å². The van der Waals surface area contributed by atoms with Crippen molar-refractivity contribution in [2.24, 2.45) is 5.41 Å². The van der Waals surface area contributed by atoms with Gasteiger partial charge >= 0.3 is 0 Å². The summed E-state index contributed by atoms with van der Waals surface area (Å²) in [4.78, 5) is 25.2. The van der Waals surface area contributed by atoms with Crippen molar-refractivity contribution in [1.82, 2.24) is 19.8 Å². The average Bonchev–Trinajstić information content (AvgIpc) is 3.37. The summed E-state index contributed by atoms with van der Waals surface area (Å²) < 4.78 is 5.87. The molecule has 8 nitrogen and oxygen atoms in total. The smallest absolute Gasteiger partial charge is 0.246 e. The number of aromatic nitrogens is 2. The molecule has 1 aromatic heterocycles. The number of likely N-dealkylation sites (tertiary alicyclic amines) is 1. The number of likely N-dealkylation sites (N-methyl/N-ethyl adjacent to an activating group) is 1. The van der Waals surface area contributed by atoms with Crippen molar-refractivity contribution in [2.45, 2.75) is 18.9 Å². The molecule has 1 saturated carbocycles. The van der Waals surface area contributed by atoms with Crippen molar-refractivity contribution in [3.05, 3.63) is 90.4 Å². The summed E-state index contributed by atoms with van der Waals surface area (Å²) in [5.41, 5.74) is 1.83. The Hall–Kier alpha value is -4.04. The lowest BCUT2D eigenvalue weighted by Crippen LogP contribution is -2.28. The molecule has 1 aliphatic heterocycles. The van der Waals surface area contributed by atoms with Crippen LogP contribution in [0, 0.1) is 10.8 Å². The van der Waals surface area contributed by atoms with Gasteiger partial charge in [0.05, 0.1) is 11.3 Å². The first-order valence-electron chi connectivity index (χ1n) is 12.5. The summed E-state index contributed by atoms with van der Waals surface area (Å²) in [6.45, 7) is 2.27. The van der Waals surface area contributed by atoms with Gasteiger partial charge in [-0.25, -0.2) is 9.97 Å². The van der Waals surface area contributed by atoms with E-state index in [1.165, 1.54) is 6.33 Å². The first-order chi connectivity index (χ1) is 17.9. The number of amides is 1. The van der Waals surface area contributed by atoms with Gasteiger partial charge in [0.25, 0.3) is 0 Å². The zero-order chi connectivity index (χ0) is 25.8. The molecule has 1 aliphatic carbocycles. The third-order valence-corrected chi connectivity index (χ3v) is 7.03. The molecule has 2 aromatic carbocycles. The molecule has 8 heteroatoms. The van der Waals surface area contributed by atoms with Crippen LogP contribution in [0.15, 0.2) is 79.3 Å². The van der Waals surface area contributed by atoms with Crippen LogP contribution in [0.1, 0.15) is 24.0 Å². The molecule has 0 bridgehead atoms. The Morgan fingerprint density at radius 3 is 2.70 bits per heavy atom. The van der Waals surface area contributed by atoms with Crippen molar-refractivity contribution in [2.75, 3.05) is 39.0 Å². The van der Waals surface area contributed by atoms with Crippen LogP contribution in [0.4, 0.5) is 5.82 Å². The lowest BCUT2D eigenvalue weighted by atomic mass is 10.0. The predicted molar refractivity (Wildman–Crippen MR) is 144 cm³/mol. The number of hydrogen-bond donors (Lipinski definition) is 2. The Bertz CT molecular complexity index is 1290. The summed E-state index contributed by atoms with van der Waals surface area (Å²) >= 11 is 0. The Morgan fingerprint density at radius 2 is 1.95 bits per heavy atom. The van der Waals surface area contributed by atoms with Gasteiger partial charge < -0.3 is 19.9 Å². The lowest BCUT2D eigenvalue weighted by molar-refractivity contribution is -0.125. The number of carbonyl (C=O) groups excluding carboxylic acids is 1. The van der Waals surface area contributed by atoms with Gasteiger partial charge in [0, 0.05) is 48.9 Å². The quantitative estimate of drug-likeness (QED) is 0.341. The molecule has 2 fully saturated rings. The first-order valence-corrected chi connectivity index (χ1v) is 12.5. The van der Waals surface area contributed by atoms with E-state index in [1.54, 1.807) is 12.3 Å². The number of anilines is 1. The molecule has 1 spiro atoms. The van der Waals surface area contributed by atoms with Gasteiger partial charge in [0.15, 0.2) is 0 Å². The third kappa shape index (κ3) is 5.70. The maximum Gasteiger partial charge on any atom is 0.246 e. The monoisotopic (exact) mass is 496 g/mol. The standard InChI is InChI=1S/C29H32N6O2/c1-34(2)15-6-9-26(36)35-16-14-29(19-35)17-25(29)33-28-24(18-31-20-32-28)27(30)21-10-12-23(13-11-21)37-22-7-4-3-5-8-22/h3-13,18,20,25,30H,14-17,19H2,1-2H3,(H,31,32,33)/b9-6+,30-27?. The van der Waals surface area contributed by atoms with Gasteiger partial charge in [-0.05, 0) is 63.3 Å². The molecule has 2 atom stereocenters. The largest absolute Gasteiger partial charge is 0.457 e. The fourth-order valence-electron chi connectivity index (χ4n) is 4.82. The van der Waals surface area contributed by atoms with Gasteiger partial charge in [-0.3, -0.25) is 10.2 Å². The Kier molecular flexibility index (Phi) is 7.01. The molecule has 37 heavy (non-hydrogen) atoms. The van der Waals surface area contributed by atoms with Crippen molar-refractivity contribution < 1.29 is 9.53 Å². The van der Waals surface area contributed by atoms with Gasteiger partial charge in [-0.15, -0.1) is 0 Å². The summed E-state index contributed by atoms with van der Waals surface area (Å²) in [6.07, 6.45) is 8.74. The average molecular weight is 497 g/mol.